The van der Waals surface area contributed by atoms with Crippen LogP contribution in [0.4, 0.5) is 0 Å². The Kier molecular flexibility index (Phi) is 5.59. The van der Waals surface area contributed by atoms with Crippen molar-refractivity contribution >= 4 is 5.91 Å². The number of carbonyl (C=O) groups excluding carboxylic acids is 1. The third-order valence-corrected chi connectivity index (χ3v) is 3.92. The SMILES string of the molecule is CCCn1cc(CC(CN)C(=O)N2CCCCC2)cn1. The van der Waals surface area contributed by atoms with Crippen LogP contribution in [0.3, 0.4) is 0 Å². The van der Waals surface area contributed by atoms with Crippen LogP contribution >= 0.6 is 0 Å². The number of aromatic nitrogens is 2. The minimum atomic E-state index is -0.104. The minimum Gasteiger partial charge on any atom is -0.342 e. The highest BCUT2D eigenvalue weighted by atomic mass is 16.2. The summed E-state index contributed by atoms with van der Waals surface area (Å²) in [4.78, 5) is 14.5. The standard InChI is InChI=1S/C15H26N4O/c1-2-6-19-12-13(11-17-19)9-14(10-16)15(20)18-7-4-3-5-8-18/h11-12,14H,2-10,16H2,1H3. The maximum Gasteiger partial charge on any atom is 0.227 e. The number of carbonyl (C=O) groups is 1. The number of rotatable bonds is 6. The highest BCUT2D eigenvalue weighted by molar-refractivity contribution is 5.79. The Bertz CT molecular complexity index is 423. The van der Waals surface area contributed by atoms with Gasteiger partial charge < -0.3 is 10.6 Å². The van der Waals surface area contributed by atoms with E-state index in [2.05, 4.69) is 12.0 Å². The maximum absolute atomic E-state index is 12.5. The van der Waals surface area contributed by atoms with Crippen LogP contribution in [0.25, 0.3) is 0 Å². The molecular formula is C15H26N4O. The third kappa shape index (κ3) is 3.82. The average Bonchev–Trinajstić information content (AvgIpc) is 2.93. The molecule has 0 aromatic carbocycles. The Morgan fingerprint density at radius 2 is 2.15 bits per heavy atom. The van der Waals surface area contributed by atoms with Crippen molar-refractivity contribution in [2.24, 2.45) is 11.7 Å². The molecular weight excluding hydrogens is 252 g/mol. The predicted molar refractivity (Wildman–Crippen MR) is 79.2 cm³/mol. The summed E-state index contributed by atoms with van der Waals surface area (Å²) in [7, 11) is 0. The lowest BCUT2D eigenvalue weighted by atomic mass is 9.98. The van der Waals surface area contributed by atoms with Crippen molar-refractivity contribution in [1.82, 2.24) is 14.7 Å². The van der Waals surface area contributed by atoms with E-state index in [9.17, 15) is 4.79 Å². The van der Waals surface area contributed by atoms with Gasteiger partial charge in [-0.2, -0.15) is 5.10 Å². The number of piperidine rings is 1. The Balaban J connectivity index is 1.94. The summed E-state index contributed by atoms with van der Waals surface area (Å²) in [5.41, 5.74) is 6.93. The molecule has 1 aromatic rings. The summed E-state index contributed by atoms with van der Waals surface area (Å²) in [6.45, 7) is 5.25. The third-order valence-electron chi connectivity index (χ3n) is 3.92. The number of nitrogens with two attached hydrogens (primary N) is 1. The second-order valence-corrected chi connectivity index (χ2v) is 5.63. The summed E-state index contributed by atoms with van der Waals surface area (Å²) in [6.07, 6.45) is 9.15. The fourth-order valence-corrected chi connectivity index (χ4v) is 2.79. The van der Waals surface area contributed by atoms with Crippen molar-refractivity contribution in [2.45, 2.75) is 45.6 Å². The van der Waals surface area contributed by atoms with Crippen LogP contribution in [0.2, 0.25) is 0 Å². The minimum absolute atomic E-state index is 0.104. The average molecular weight is 278 g/mol. The van der Waals surface area contributed by atoms with Crippen LogP contribution in [-0.4, -0.2) is 40.2 Å². The van der Waals surface area contributed by atoms with E-state index in [1.165, 1.54) is 6.42 Å². The first-order chi connectivity index (χ1) is 9.74. The summed E-state index contributed by atoms with van der Waals surface area (Å²) < 4.78 is 1.94. The second-order valence-electron chi connectivity index (χ2n) is 5.63. The normalized spacial score (nSPS) is 17.2. The van der Waals surface area contributed by atoms with Gasteiger partial charge in [-0.3, -0.25) is 9.48 Å². The van der Waals surface area contributed by atoms with Crippen LogP contribution in [-0.2, 0) is 17.8 Å². The molecule has 0 radical (unpaired) electrons. The number of amides is 1. The molecule has 20 heavy (non-hydrogen) atoms. The summed E-state index contributed by atoms with van der Waals surface area (Å²) in [6, 6.07) is 0. The van der Waals surface area contributed by atoms with Gasteiger partial charge in [0, 0.05) is 32.4 Å². The molecule has 0 spiro atoms. The fraction of sp³-hybridized carbons (Fsp3) is 0.733. The van der Waals surface area contributed by atoms with Gasteiger partial charge >= 0.3 is 0 Å². The first-order valence-electron chi connectivity index (χ1n) is 7.74. The lowest BCUT2D eigenvalue weighted by Crippen LogP contribution is -2.42. The van der Waals surface area contributed by atoms with Crippen LogP contribution in [0.5, 0.6) is 0 Å². The first-order valence-corrected chi connectivity index (χ1v) is 7.74. The summed E-state index contributed by atoms with van der Waals surface area (Å²) in [5, 5.41) is 4.32. The molecule has 5 nitrogen and oxygen atoms in total. The molecule has 1 aliphatic heterocycles. The van der Waals surface area contributed by atoms with Gasteiger partial charge in [-0.05, 0) is 37.7 Å². The molecule has 2 heterocycles. The molecule has 1 fully saturated rings. The molecule has 1 atom stereocenters. The van der Waals surface area contributed by atoms with E-state index in [0.29, 0.717) is 13.0 Å². The Hall–Kier alpha value is -1.36. The highest BCUT2D eigenvalue weighted by Gasteiger charge is 2.25. The number of likely N-dealkylation sites (tertiary alicyclic amines) is 1. The lowest BCUT2D eigenvalue weighted by molar-refractivity contribution is -0.136. The van der Waals surface area contributed by atoms with Crippen molar-refractivity contribution in [3.8, 4) is 0 Å². The van der Waals surface area contributed by atoms with Gasteiger partial charge in [0.25, 0.3) is 0 Å². The van der Waals surface area contributed by atoms with E-state index in [0.717, 1.165) is 44.5 Å². The molecule has 0 bridgehead atoms. The first kappa shape index (κ1) is 15.0. The van der Waals surface area contributed by atoms with Crippen molar-refractivity contribution < 1.29 is 4.79 Å². The van der Waals surface area contributed by atoms with Gasteiger partial charge in [0.2, 0.25) is 5.91 Å². The van der Waals surface area contributed by atoms with Crippen LogP contribution in [0.15, 0.2) is 12.4 Å². The number of nitrogens with zero attached hydrogens (tertiary/aromatic N) is 3. The fourth-order valence-electron chi connectivity index (χ4n) is 2.79. The van der Waals surface area contributed by atoms with Crippen LogP contribution < -0.4 is 5.73 Å². The number of hydrogen-bond acceptors (Lipinski definition) is 3. The van der Waals surface area contributed by atoms with Gasteiger partial charge in [-0.1, -0.05) is 6.92 Å². The van der Waals surface area contributed by atoms with E-state index in [-0.39, 0.29) is 11.8 Å². The number of hydrogen-bond donors (Lipinski definition) is 1. The van der Waals surface area contributed by atoms with Crippen LogP contribution in [0, 0.1) is 5.92 Å². The van der Waals surface area contributed by atoms with E-state index in [1.54, 1.807) is 0 Å². The van der Waals surface area contributed by atoms with Gasteiger partial charge in [-0.15, -0.1) is 0 Å². The summed E-state index contributed by atoms with van der Waals surface area (Å²) in [5.74, 6) is 0.114. The Morgan fingerprint density at radius 3 is 2.80 bits per heavy atom. The molecule has 2 N–H and O–H groups in total. The lowest BCUT2D eigenvalue weighted by Gasteiger charge is -2.30. The van der Waals surface area contributed by atoms with E-state index < -0.39 is 0 Å². The largest absolute Gasteiger partial charge is 0.342 e. The predicted octanol–water partition coefficient (Wildman–Crippen LogP) is 1.42. The van der Waals surface area contributed by atoms with Crippen molar-refractivity contribution in [3.05, 3.63) is 18.0 Å². The zero-order valence-electron chi connectivity index (χ0n) is 12.4. The molecule has 1 aliphatic rings. The molecule has 0 aliphatic carbocycles. The zero-order valence-corrected chi connectivity index (χ0v) is 12.4. The summed E-state index contributed by atoms with van der Waals surface area (Å²) >= 11 is 0. The van der Waals surface area contributed by atoms with E-state index in [4.69, 9.17) is 5.73 Å². The molecule has 1 amide bonds. The van der Waals surface area contributed by atoms with E-state index >= 15 is 0 Å². The molecule has 0 saturated carbocycles. The Morgan fingerprint density at radius 1 is 1.40 bits per heavy atom. The van der Waals surface area contributed by atoms with E-state index in [1.807, 2.05) is 22.0 Å². The van der Waals surface area contributed by atoms with Gasteiger partial charge in [0.1, 0.15) is 0 Å². The van der Waals surface area contributed by atoms with Gasteiger partial charge in [0.15, 0.2) is 0 Å². The monoisotopic (exact) mass is 278 g/mol. The van der Waals surface area contributed by atoms with Crippen LogP contribution in [0.1, 0.15) is 38.2 Å². The zero-order chi connectivity index (χ0) is 14.4. The van der Waals surface area contributed by atoms with Gasteiger partial charge in [0.05, 0.1) is 12.1 Å². The molecule has 1 saturated heterocycles. The van der Waals surface area contributed by atoms with Crippen molar-refractivity contribution in [3.63, 3.8) is 0 Å². The maximum atomic E-state index is 12.5. The topological polar surface area (TPSA) is 64.2 Å². The molecule has 1 aromatic heterocycles. The molecule has 2 rings (SSSR count). The highest BCUT2D eigenvalue weighted by Crippen LogP contribution is 2.15. The molecule has 1 unspecified atom stereocenters. The van der Waals surface area contributed by atoms with Crippen molar-refractivity contribution in [1.29, 1.82) is 0 Å². The second kappa shape index (κ2) is 7.43. The van der Waals surface area contributed by atoms with Crippen molar-refractivity contribution in [2.75, 3.05) is 19.6 Å². The Labute approximate surface area is 121 Å². The quantitative estimate of drug-likeness (QED) is 0.856. The number of aryl methyl sites for hydroxylation is 1. The smallest absolute Gasteiger partial charge is 0.227 e. The molecule has 112 valence electrons. The molecule has 5 heteroatoms. The van der Waals surface area contributed by atoms with Gasteiger partial charge in [-0.25, -0.2) is 0 Å².